The van der Waals surface area contributed by atoms with Gasteiger partial charge in [0.05, 0.1) is 12.8 Å². The molecule has 0 unspecified atom stereocenters. The maximum absolute atomic E-state index is 5.57. The van der Waals surface area contributed by atoms with Crippen LogP contribution in [0.25, 0.3) is 0 Å². The van der Waals surface area contributed by atoms with Gasteiger partial charge in [0.1, 0.15) is 19.0 Å². The van der Waals surface area contributed by atoms with Crippen LogP contribution in [0.1, 0.15) is 11.3 Å². The van der Waals surface area contributed by atoms with Gasteiger partial charge in [-0.25, -0.2) is 0 Å². The summed E-state index contributed by atoms with van der Waals surface area (Å²) >= 11 is 0. The molecular weight excluding hydrogens is 242 g/mol. The summed E-state index contributed by atoms with van der Waals surface area (Å²) in [7, 11) is 0. The van der Waals surface area contributed by atoms with Gasteiger partial charge in [-0.2, -0.15) is 0 Å². The molecule has 0 fully saturated rings. The highest BCUT2D eigenvalue weighted by atomic mass is 16.6. The second-order valence-corrected chi connectivity index (χ2v) is 4.48. The third kappa shape index (κ3) is 3.09. The zero-order chi connectivity index (χ0) is 12.9. The molecule has 1 aliphatic rings. The normalized spacial score (nSPS) is 13.5. The predicted molar refractivity (Wildman–Crippen MR) is 71.6 cm³/mol. The molecule has 4 heteroatoms. The van der Waals surface area contributed by atoms with E-state index in [2.05, 4.69) is 17.4 Å². The van der Waals surface area contributed by atoms with Crippen molar-refractivity contribution in [3.05, 3.63) is 47.9 Å². The van der Waals surface area contributed by atoms with Gasteiger partial charge in [-0.15, -0.1) is 0 Å². The lowest BCUT2D eigenvalue weighted by Crippen LogP contribution is -2.17. The van der Waals surface area contributed by atoms with Crippen molar-refractivity contribution >= 4 is 0 Å². The minimum absolute atomic E-state index is 0.632. The summed E-state index contributed by atoms with van der Waals surface area (Å²) in [4.78, 5) is 0. The van der Waals surface area contributed by atoms with Gasteiger partial charge in [-0.05, 0) is 42.8 Å². The molecular formula is C15H17NO3. The summed E-state index contributed by atoms with van der Waals surface area (Å²) in [5, 5.41) is 3.35. The zero-order valence-corrected chi connectivity index (χ0v) is 10.7. The van der Waals surface area contributed by atoms with Gasteiger partial charge in [0.25, 0.3) is 0 Å². The standard InChI is InChI=1S/C15H17NO3/c1-2-13(17-7-1)11-16-6-5-12-3-4-14-15(10-12)19-9-8-18-14/h1-4,7,10,16H,5-6,8-9,11H2. The Balaban J connectivity index is 1.50. The molecule has 0 aliphatic carbocycles. The number of furan rings is 1. The average molecular weight is 259 g/mol. The Morgan fingerprint density at radius 1 is 1.05 bits per heavy atom. The molecule has 0 atom stereocenters. The fraction of sp³-hybridized carbons (Fsp3) is 0.333. The average Bonchev–Trinajstić information content (AvgIpc) is 2.97. The lowest BCUT2D eigenvalue weighted by atomic mass is 10.1. The molecule has 0 radical (unpaired) electrons. The summed E-state index contributed by atoms with van der Waals surface area (Å²) in [5.74, 6) is 2.66. The van der Waals surface area contributed by atoms with Crippen molar-refractivity contribution in [2.45, 2.75) is 13.0 Å². The highest BCUT2D eigenvalue weighted by molar-refractivity contribution is 5.43. The van der Waals surface area contributed by atoms with Crippen LogP contribution in [0.2, 0.25) is 0 Å². The topological polar surface area (TPSA) is 43.6 Å². The number of ether oxygens (including phenoxy) is 2. The molecule has 1 aromatic heterocycles. The molecule has 2 heterocycles. The molecule has 1 N–H and O–H groups in total. The van der Waals surface area contributed by atoms with Crippen LogP contribution in [0.4, 0.5) is 0 Å². The van der Waals surface area contributed by atoms with Crippen molar-refractivity contribution in [3.8, 4) is 11.5 Å². The Morgan fingerprint density at radius 2 is 1.95 bits per heavy atom. The first-order valence-corrected chi connectivity index (χ1v) is 6.53. The summed E-state index contributed by atoms with van der Waals surface area (Å²) in [6.07, 6.45) is 2.65. The summed E-state index contributed by atoms with van der Waals surface area (Å²) < 4.78 is 16.3. The van der Waals surface area contributed by atoms with E-state index in [1.807, 2.05) is 18.2 Å². The summed E-state index contributed by atoms with van der Waals surface area (Å²) in [6, 6.07) is 10.00. The molecule has 0 saturated carbocycles. The Labute approximate surface area is 112 Å². The second kappa shape index (κ2) is 5.80. The second-order valence-electron chi connectivity index (χ2n) is 4.48. The van der Waals surface area contributed by atoms with Gasteiger partial charge in [-0.1, -0.05) is 6.07 Å². The molecule has 0 saturated heterocycles. The largest absolute Gasteiger partial charge is 0.486 e. The van der Waals surface area contributed by atoms with Crippen LogP contribution in [0.5, 0.6) is 11.5 Å². The number of nitrogens with one attached hydrogen (secondary N) is 1. The predicted octanol–water partition coefficient (Wildman–Crippen LogP) is 2.38. The first kappa shape index (κ1) is 12.1. The number of hydrogen-bond donors (Lipinski definition) is 1. The maximum Gasteiger partial charge on any atom is 0.161 e. The Kier molecular flexibility index (Phi) is 3.70. The van der Waals surface area contributed by atoms with Gasteiger partial charge in [-0.3, -0.25) is 0 Å². The molecule has 100 valence electrons. The number of benzene rings is 1. The van der Waals surface area contributed by atoms with Crippen molar-refractivity contribution < 1.29 is 13.9 Å². The summed E-state index contributed by atoms with van der Waals surface area (Å²) in [5.41, 5.74) is 1.25. The van der Waals surface area contributed by atoms with Crippen LogP contribution in [0.15, 0.2) is 41.0 Å². The van der Waals surface area contributed by atoms with E-state index < -0.39 is 0 Å². The van der Waals surface area contributed by atoms with Crippen LogP contribution in [0, 0.1) is 0 Å². The fourth-order valence-electron chi connectivity index (χ4n) is 2.10. The molecule has 4 nitrogen and oxygen atoms in total. The molecule has 0 amide bonds. The van der Waals surface area contributed by atoms with Crippen molar-refractivity contribution in [3.63, 3.8) is 0 Å². The van der Waals surface area contributed by atoms with Crippen LogP contribution >= 0.6 is 0 Å². The van der Waals surface area contributed by atoms with Gasteiger partial charge in [0.2, 0.25) is 0 Å². The van der Waals surface area contributed by atoms with E-state index in [1.54, 1.807) is 6.26 Å². The fourth-order valence-corrected chi connectivity index (χ4v) is 2.10. The SMILES string of the molecule is c1coc(CNCCc2ccc3c(c2)OCCO3)c1. The summed E-state index contributed by atoms with van der Waals surface area (Å²) in [6.45, 7) is 2.93. The van der Waals surface area contributed by atoms with E-state index in [1.165, 1.54) is 5.56 Å². The number of rotatable bonds is 5. The molecule has 19 heavy (non-hydrogen) atoms. The van der Waals surface area contributed by atoms with E-state index >= 15 is 0 Å². The smallest absolute Gasteiger partial charge is 0.161 e. The third-order valence-electron chi connectivity index (χ3n) is 3.08. The van der Waals surface area contributed by atoms with Gasteiger partial charge in [0.15, 0.2) is 11.5 Å². The molecule has 1 aromatic carbocycles. The maximum atomic E-state index is 5.57. The Morgan fingerprint density at radius 3 is 2.79 bits per heavy atom. The van der Waals surface area contributed by atoms with E-state index in [0.717, 1.165) is 36.8 Å². The Bertz CT molecular complexity index is 522. The van der Waals surface area contributed by atoms with Crippen LogP contribution in [-0.4, -0.2) is 19.8 Å². The van der Waals surface area contributed by atoms with Crippen LogP contribution in [0.3, 0.4) is 0 Å². The highest BCUT2D eigenvalue weighted by Crippen LogP contribution is 2.30. The number of hydrogen-bond acceptors (Lipinski definition) is 4. The molecule has 0 spiro atoms. The Hall–Kier alpha value is -1.94. The van der Waals surface area contributed by atoms with Crippen LogP contribution in [-0.2, 0) is 13.0 Å². The van der Waals surface area contributed by atoms with Crippen LogP contribution < -0.4 is 14.8 Å². The number of fused-ring (bicyclic) bond motifs is 1. The lowest BCUT2D eigenvalue weighted by molar-refractivity contribution is 0.171. The molecule has 3 rings (SSSR count). The van der Waals surface area contributed by atoms with E-state index in [0.29, 0.717) is 13.2 Å². The molecule has 0 bridgehead atoms. The monoisotopic (exact) mass is 259 g/mol. The first-order valence-electron chi connectivity index (χ1n) is 6.53. The quantitative estimate of drug-likeness (QED) is 0.837. The minimum atomic E-state index is 0.632. The van der Waals surface area contributed by atoms with Crippen molar-refractivity contribution in [1.29, 1.82) is 0 Å². The van der Waals surface area contributed by atoms with Gasteiger partial charge in [0, 0.05) is 0 Å². The highest BCUT2D eigenvalue weighted by Gasteiger charge is 2.11. The van der Waals surface area contributed by atoms with Crippen molar-refractivity contribution in [2.75, 3.05) is 19.8 Å². The first-order chi connectivity index (χ1) is 9.42. The van der Waals surface area contributed by atoms with Gasteiger partial charge >= 0.3 is 0 Å². The van der Waals surface area contributed by atoms with E-state index in [-0.39, 0.29) is 0 Å². The van der Waals surface area contributed by atoms with E-state index in [9.17, 15) is 0 Å². The van der Waals surface area contributed by atoms with Gasteiger partial charge < -0.3 is 19.2 Å². The zero-order valence-electron chi connectivity index (χ0n) is 10.7. The minimum Gasteiger partial charge on any atom is -0.486 e. The lowest BCUT2D eigenvalue weighted by Gasteiger charge is -2.18. The van der Waals surface area contributed by atoms with E-state index in [4.69, 9.17) is 13.9 Å². The molecule has 1 aliphatic heterocycles. The van der Waals surface area contributed by atoms with Crippen molar-refractivity contribution in [1.82, 2.24) is 5.32 Å². The third-order valence-corrected chi connectivity index (χ3v) is 3.08. The molecule has 2 aromatic rings. The van der Waals surface area contributed by atoms with Crippen molar-refractivity contribution in [2.24, 2.45) is 0 Å².